The van der Waals surface area contributed by atoms with Crippen LogP contribution in [0.3, 0.4) is 0 Å². The standard InChI is InChI=1S/C34H33N5O2S/c1-34(2,3)28-16-14-27(15-17-28)32-37-38-33(39(32)29-18-20-30(41-4)21-19-29)42-23-31(40)36-35-22-24-10-12-26(13-11-24)25-8-6-5-7-9-25/h5-22H,23H2,1-4H3,(H,36,40). The van der Waals surface area contributed by atoms with Crippen LogP contribution in [-0.4, -0.2) is 39.7 Å². The number of benzene rings is 4. The molecule has 4 aromatic carbocycles. The number of amides is 1. The van der Waals surface area contributed by atoms with Crippen molar-refractivity contribution in [3.8, 4) is 34.0 Å². The molecule has 0 spiro atoms. The fourth-order valence-electron chi connectivity index (χ4n) is 4.37. The molecule has 0 aliphatic carbocycles. The molecule has 1 heterocycles. The number of rotatable bonds is 9. The van der Waals surface area contributed by atoms with Crippen LogP contribution in [0.4, 0.5) is 0 Å². The van der Waals surface area contributed by atoms with Gasteiger partial charge in [-0.1, -0.05) is 111 Å². The molecule has 0 saturated carbocycles. The van der Waals surface area contributed by atoms with E-state index in [0.29, 0.717) is 11.0 Å². The van der Waals surface area contributed by atoms with Crippen molar-refractivity contribution in [2.75, 3.05) is 12.9 Å². The average Bonchev–Trinajstić information content (AvgIpc) is 3.44. The van der Waals surface area contributed by atoms with E-state index in [-0.39, 0.29) is 17.1 Å². The number of hydrogen-bond acceptors (Lipinski definition) is 6. The third-order valence-electron chi connectivity index (χ3n) is 6.73. The highest BCUT2D eigenvalue weighted by Gasteiger charge is 2.19. The number of carbonyl (C=O) groups is 1. The monoisotopic (exact) mass is 575 g/mol. The van der Waals surface area contributed by atoms with Gasteiger partial charge in [-0.2, -0.15) is 5.10 Å². The molecule has 0 bridgehead atoms. The average molecular weight is 576 g/mol. The van der Waals surface area contributed by atoms with Crippen molar-refractivity contribution < 1.29 is 9.53 Å². The van der Waals surface area contributed by atoms with Crippen molar-refractivity contribution in [3.05, 3.63) is 114 Å². The number of methoxy groups -OCH3 is 1. The molecule has 1 aromatic heterocycles. The van der Waals surface area contributed by atoms with Crippen LogP contribution in [0.1, 0.15) is 31.9 Å². The van der Waals surface area contributed by atoms with E-state index < -0.39 is 0 Å². The summed E-state index contributed by atoms with van der Waals surface area (Å²) in [5.74, 6) is 1.34. The van der Waals surface area contributed by atoms with Crippen LogP contribution in [0.5, 0.6) is 5.75 Å². The molecular weight excluding hydrogens is 542 g/mol. The molecule has 0 radical (unpaired) electrons. The third kappa shape index (κ3) is 6.95. The number of nitrogens with one attached hydrogen (secondary N) is 1. The van der Waals surface area contributed by atoms with Crippen LogP contribution in [0.15, 0.2) is 113 Å². The summed E-state index contributed by atoms with van der Waals surface area (Å²) in [6.07, 6.45) is 1.64. The molecular formula is C34H33N5O2S. The van der Waals surface area contributed by atoms with Gasteiger partial charge in [-0.05, 0) is 51.9 Å². The summed E-state index contributed by atoms with van der Waals surface area (Å²) in [5.41, 5.74) is 8.87. The molecule has 5 aromatic rings. The zero-order valence-electron chi connectivity index (χ0n) is 24.1. The van der Waals surface area contributed by atoms with Gasteiger partial charge >= 0.3 is 0 Å². The first-order valence-corrected chi connectivity index (χ1v) is 14.6. The second kappa shape index (κ2) is 12.9. The maximum atomic E-state index is 12.7. The van der Waals surface area contributed by atoms with Crippen molar-refractivity contribution in [1.29, 1.82) is 0 Å². The minimum atomic E-state index is -0.238. The molecule has 0 saturated heterocycles. The highest BCUT2D eigenvalue weighted by molar-refractivity contribution is 7.99. The maximum Gasteiger partial charge on any atom is 0.250 e. The van der Waals surface area contributed by atoms with Gasteiger partial charge in [0.25, 0.3) is 5.91 Å². The van der Waals surface area contributed by atoms with Gasteiger partial charge in [0.05, 0.1) is 19.1 Å². The number of carbonyl (C=O) groups excluding carboxylic acids is 1. The first-order valence-electron chi connectivity index (χ1n) is 13.6. The van der Waals surface area contributed by atoms with Crippen molar-refractivity contribution in [2.45, 2.75) is 31.3 Å². The Hall–Kier alpha value is -4.69. The molecule has 0 aliphatic rings. The summed E-state index contributed by atoms with van der Waals surface area (Å²) in [5, 5.41) is 13.7. The first kappa shape index (κ1) is 28.8. The number of nitrogens with zero attached hydrogens (tertiary/aromatic N) is 4. The summed E-state index contributed by atoms with van der Waals surface area (Å²) in [4.78, 5) is 12.7. The van der Waals surface area contributed by atoms with Gasteiger partial charge in [-0.15, -0.1) is 10.2 Å². The van der Waals surface area contributed by atoms with Gasteiger partial charge in [0.15, 0.2) is 11.0 Å². The van der Waals surface area contributed by atoms with E-state index in [1.165, 1.54) is 17.3 Å². The van der Waals surface area contributed by atoms with Crippen LogP contribution < -0.4 is 10.2 Å². The van der Waals surface area contributed by atoms with E-state index in [0.717, 1.165) is 33.7 Å². The highest BCUT2D eigenvalue weighted by atomic mass is 32.2. The number of ether oxygens (including phenoxy) is 1. The Bertz CT molecular complexity index is 1660. The van der Waals surface area contributed by atoms with Crippen LogP contribution in [0.25, 0.3) is 28.2 Å². The molecule has 1 amide bonds. The van der Waals surface area contributed by atoms with Gasteiger partial charge in [0, 0.05) is 11.3 Å². The van der Waals surface area contributed by atoms with Gasteiger partial charge in [-0.3, -0.25) is 9.36 Å². The lowest BCUT2D eigenvalue weighted by molar-refractivity contribution is -0.118. The summed E-state index contributed by atoms with van der Waals surface area (Å²) < 4.78 is 7.30. The van der Waals surface area contributed by atoms with Crippen LogP contribution in [0, 0.1) is 0 Å². The Morgan fingerprint density at radius 2 is 1.50 bits per heavy atom. The molecule has 42 heavy (non-hydrogen) atoms. The smallest absolute Gasteiger partial charge is 0.250 e. The fourth-order valence-corrected chi connectivity index (χ4v) is 5.11. The SMILES string of the molecule is COc1ccc(-n2c(SCC(=O)NN=Cc3ccc(-c4ccccc4)cc3)nnc2-c2ccc(C(C)(C)C)cc2)cc1. The summed E-state index contributed by atoms with van der Waals surface area (Å²) in [7, 11) is 1.64. The van der Waals surface area contributed by atoms with E-state index in [4.69, 9.17) is 4.74 Å². The van der Waals surface area contributed by atoms with Crippen molar-refractivity contribution in [1.82, 2.24) is 20.2 Å². The van der Waals surface area contributed by atoms with Crippen LogP contribution in [-0.2, 0) is 10.2 Å². The Morgan fingerprint density at radius 1 is 0.857 bits per heavy atom. The molecule has 8 heteroatoms. The zero-order valence-corrected chi connectivity index (χ0v) is 24.9. The molecule has 5 rings (SSSR count). The number of thioether (sulfide) groups is 1. The topological polar surface area (TPSA) is 81.4 Å². The predicted molar refractivity (Wildman–Crippen MR) is 170 cm³/mol. The lowest BCUT2D eigenvalue weighted by Crippen LogP contribution is -2.20. The maximum absolute atomic E-state index is 12.7. The third-order valence-corrected chi connectivity index (χ3v) is 7.66. The zero-order chi connectivity index (χ0) is 29.5. The summed E-state index contributed by atoms with van der Waals surface area (Å²) in [6, 6.07) is 34.2. The van der Waals surface area contributed by atoms with Crippen LogP contribution in [0.2, 0.25) is 0 Å². The van der Waals surface area contributed by atoms with Crippen molar-refractivity contribution in [2.24, 2.45) is 5.10 Å². The molecule has 212 valence electrons. The molecule has 0 fully saturated rings. The Kier molecular flexibility index (Phi) is 8.83. The van der Waals surface area contributed by atoms with Gasteiger partial charge in [0.1, 0.15) is 5.75 Å². The van der Waals surface area contributed by atoms with E-state index >= 15 is 0 Å². The van der Waals surface area contributed by atoms with E-state index in [1.807, 2.05) is 71.3 Å². The van der Waals surface area contributed by atoms with E-state index in [2.05, 4.69) is 77.9 Å². The minimum Gasteiger partial charge on any atom is -0.497 e. The minimum absolute atomic E-state index is 0.0463. The lowest BCUT2D eigenvalue weighted by Gasteiger charge is -2.19. The second-order valence-corrected chi connectivity index (χ2v) is 11.7. The van der Waals surface area contributed by atoms with E-state index in [9.17, 15) is 4.79 Å². The number of hydrazone groups is 1. The second-order valence-electron chi connectivity index (χ2n) is 10.7. The highest BCUT2D eigenvalue weighted by Crippen LogP contribution is 2.31. The molecule has 1 N–H and O–H groups in total. The molecule has 0 aliphatic heterocycles. The molecule has 0 unspecified atom stereocenters. The summed E-state index contributed by atoms with van der Waals surface area (Å²) >= 11 is 1.30. The first-order chi connectivity index (χ1) is 20.3. The summed E-state index contributed by atoms with van der Waals surface area (Å²) in [6.45, 7) is 6.56. The van der Waals surface area contributed by atoms with Gasteiger partial charge in [0.2, 0.25) is 0 Å². The van der Waals surface area contributed by atoms with Gasteiger partial charge in [-0.25, -0.2) is 5.43 Å². The number of aromatic nitrogens is 3. The molecule has 7 nitrogen and oxygen atoms in total. The Balaban J connectivity index is 1.28. The number of hydrogen-bond donors (Lipinski definition) is 1. The fraction of sp³-hybridized carbons (Fsp3) is 0.176. The quantitative estimate of drug-likeness (QED) is 0.115. The Morgan fingerprint density at radius 3 is 2.14 bits per heavy atom. The van der Waals surface area contributed by atoms with Crippen molar-refractivity contribution >= 4 is 23.9 Å². The lowest BCUT2D eigenvalue weighted by atomic mass is 9.87. The molecule has 0 atom stereocenters. The Labute approximate surface area is 250 Å². The van der Waals surface area contributed by atoms with Gasteiger partial charge < -0.3 is 4.74 Å². The van der Waals surface area contributed by atoms with E-state index in [1.54, 1.807) is 13.3 Å². The largest absolute Gasteiger partial charge is 0.497 e. The van der Waals surface area contributed by atoms with Crippen molar-refractivity contribution in [3.63, 3.8) is 0 Å². The normalized spacial score (nSPS) is 11.5. The predicted octanol–water partition coefficient (Wildman–Crippen LogP) is 7.15. The van der Waals surface area contributed by atoms with Crippen LogP contribution >= 0.6 is 11.8 Å².